The van der Waals surface area contributed by atoms with Gasteiger partial charge in [0, 0.05) is 12.6 Å². The number of amides is 1. The number of alkyl carbamates (subject to hydrolysis) is 1. The maximum absolute atomic E-state index is 13.2. The molecule has 1 N–H and O–H groups in total. The van der Waals surface area contributed by atoms with Crippen LogP contribution in [0.4, 0.5) is 4.79 Å². The first kappa shape index (κ1) is 28.6. The summed E-state index contributed by atoms with van der Waals surface area (Å²) in [5.74, 6) is -0.0121. The van der Waals surface area contributed by atoms with E-state index in [0.717, 1.165) is 15.1 Å². The largest absolute Gasteiger partial charge is 0.467 e. The molecule has 0 saturated heterocycles. The molecule has 0 aliphatic rings. The van der Waals surface area contributed by atoms with Crippen LogP contribution in [-0.2, 0) is 30.7 Å². The van der Waals surface area contributed by atoms with Crippen molar-refractivity contribution in [2.24, 2.45) is 0 Å². The number of ether oxygens (including phenoxy) is 3. The summed E-state index contributed by atoms with van der Waals surface area (Å²) in [4.78, 5) is 32.9. The van der Waals surface area contributed by atoms with Crippen LogP contribution in [0.25, 0.3) is 11.0 Å². The SMILES string of the molecule is COC(=O)C(Cc1ccc(Oc2ncnc3c2ccn3S(=O)(=O)c2ccc(C)cc2)cc1)NC(=O)OC(C)(C)C. The number of aromatic nitrogens is 3. The van der Waals surface area contributed by atoms with Crippen molar-refractivity contribution in [3.8, 4) is 11.6 Å². The van der Waals surface area contributed by atoms with Gasteiger partial charge >= 0.3 is 12.1 Å². The summed E-state index contributed by atoms with van der Waals surface area (Å²) >= 11 is 0. The van der Waals surface area contributed by atoms with Crippen LogP contribution in [0.5, 0.6) is 11.6 Å². The van der Waals surface area contributed by atoms with Crippen LogP contribution in [0.2, 0.25) is 0 Å². The summed E-state index contributed by atoms with van der Waals surface area (Å²) in [7, 11) is -2.64. The molecule has 4 aromatic rings. The summed E-state index contributed by atoms with van der Waals surface area (Å²) in [6.07, 6.45) is 2.07. The highest BCUT2D eigenvalue weighted by Gasteiger charge is 2.26. The van der Waals surface area contributed by atoms with E-state index in [4.69, 9.17) is 14.2 Å². The molecule has 2 heterocycles. The van der Waals surface area contributed by atoms with Crippen molar-refractivity contribution in [1.82, 2.24) is 19.3 Å². The van der Waals surface area contributed by atoms with Gasteiger partial charge in [0.15, 0.2) is 5.65 Å². The molecule has 11 nitrogen and oxygen atoms in total. The highest BCUT2D eigenvalue weighted by atomic mass is 32.2. The fraction of sp³-hybridized carbons (Fsp3) is 0.286. The Morgan fingerprint density at radius 1 is 1.00 bits per heavy atom. The molecule has 0 fully saturated rings. The van der Waals surface area contributed by atoms with Crippen LogP contribution in [0.15, 0.2) is 72.0 Å². The third kappa shape index (κ3) is 6.57. The van der Waals surface area contributed by atoms with Gasteiger partial charge in [0.05, 0.1) is 17.4 Å². The zero-order valence-corrected chi connectivity index (χ0v) is 23.6. The minimum Gasteiger partial charge on any atom is -0.467 e. The fourth-order valence-corrected chi connectivity index (χ4v) is 5.13. The average molecular weight is 567 g/mol. The molecular formula is C28H30N4O7S. The van der Waals surface area contributed by atoms with Gasteiger partial charge in [0.1, 0.15) is 23.7 Å². The smallest absolute Gasteiger partial charge is 0.408 e. The summed E-state index contributed by atoms with van der Waals surface area (Å²) in [5, 5.41) is 2.95. The molecule has 210 valence electrons. The second-order valence-electron chi connectivity index (χ2n) is 10.0. The zero-order chi connectivity index (χ0) is 29.1. The van der Waals surface area contributed by atoms with E-state index in [1.165, 1.54) is 19.6 Å². The number of nitrogens with zero attached hydrogens (tertiary/aromatic N) is 3. The van der Waals surface area contributed by atoms with Crippen molar-refractivity contribution in [2.75, 3.05) is 7.11 Å². The summed E-state index contributed by atoms with van der Waals surface area (Å²) in [5.41, 5.74) is 1.13. The highest BCUT2D eigenvalue weighted by molar-refractivity contribution is 7.90. The van der Waals surface area contributed by atoms with Crippen LogP contribution in [-0.4, -0.2) is 53.2 Å². The summed E-state index contributed by atoms with van der Waals surface area (Å²) in [6, 6.07) is 14.0. The Bertz CT molecular complexity index is 1620. The Hall–Kier alpha value is -4.45. The first-order valence-electron chi connectivity index (χ1n) is 12.4. The number of hydrogen-bond donors (Lipinski definition) is 1. The highest BCUT2D eigenvalue weighted by Crippen LogP contribution is 2.29. The second kappa shape index (κ2) is 11.3. The van der Waals surface area contributed by atoms with E-state index in [9.17, 15) is 18.0 Å². The van der Waals surface area contributed by atoms with Crippen LogP contribution in [0, 0.1) is 6.92 Å². The van der Waals surface area contributed by atoms with Crippen molar-refractivity contribution < 1.29 is 32.2 Å². The Morgan fingerprint density at radius 2 is 1.68 bits per heavy atom. The van der Waals surface area contributed by atoms with Crippen molar-refractivity contribution in [3.63, 3.8) is 0 Å². The van der Waals surface area contributed by atoms with Gasteiger partial charge in [-0.1, -0.05) is 29.8 Å². The number of esters is 1. The Labute approximate surface area is 232 Å². The molecule has 0 saturated carbocycles. The molecule has 2 aromatic carbocycles. The standard InChI is InChI=1S/C28H30N4O7S/c1-18-6-12-21(13-7-18)40(35,36)32-15-14-22-24(32)29-17-30-25(22)38-20-10-8-19(9-11-20)16-23(26(33)37-5)31-27(34)39-28(2,3)4/h6-15,17,23H,16H2,1-5H3,(H,31,34). The van der Waals surface area contributed by atoms with E-state index >= 15 is 0 Å². The van der Waals surface area contributed by atoms with Gasteiger partial charge in [0.25, 0.3) is 10.0 Å². The number of nitrogens with one attached hydrogen (secondary N) is 1. The fourth-order valence-electron chi connectivity index (χ4n) is 3.83. The number of methoxy groups -OCH3 is 1. The average Bonchev–Trinajstić information content (AvgIpc) is 3.34. The van der Waals surface area contributed by atoms with Crippen molar-refractivity contribution in [2.45, 2.75) is 50.7 Å². The Kier molecular flexibility index (Phi) is 8.10. The van der Waals surface area contributed by atoms with Gasteiger partial charge in [-0.05, 0) is 63.6 Å². The van der Waals surface area contributed by atoms with Crippen LogP contribution >= 0.6 is 0 Å². The molecule has 0 aliphatic carbocycles. The second-order valence-corrected chi connectivity index (χ2v) is 11.8. The monoisotopic (exact) mass is 566 g/mol. The van der Waals surface area contributed by atoms with Gasteiger partial charge in [-0.15, -0.1) is 0 Å². The van der Waals surface area contributed by atoms with Gasteiger partial charge in [-0.3, -0.25) is 0 Å². The first-order valence-corrected chi connectivity index (χ1v) is 13.8. The van der Waals surface area contributed by atoms with E-state index in [-0.39, 0.29) is 22.8 Å². The van der Waals surface area contributed by atoms with Crippen LogP contribution in [0.1, 0.15) is 31.9 Å². The van der Waals surface area contributed by atoms with Crippen molar-refractivity contribution in [1.29, 1.82) is 0 Å². The van der Waals surface area contributed by atoms with E-state index in [1.807, 2.05) is 6.92 Å². The van der Waals surface area contributed by atoms with E-state index in [2.05, 4.69) is 15.3 Å². The predicted octanol–water partition coefficient (Wildman–Crippen LogP) is 4.38. The lowest BCUT2D eigenvalue weighted by Crippen LogP contribution is -2.45. The number of carbonyl (C=O) groups is 2. The van der Waals surface area contributed by atoms with E-state index < -0.39 is 33.7 Å². The maximum Gasteiger partial charge on any atom is 0.408 e. The molecule has 40 heavy (non-hydrogen) atoms. The molecule has 4 rings (SSSR count). The molecule has 12 heteroatoms. The lowest BCUT2D eigenvalue weighted by atomic mass is 10.1. The molecule has 1 atom stereocenters. The third-order valence-electron chi connectivity index (χ3n) is 5.74. The minimum absolute atomic E-state index is 0.138. The molecule has 0 spiro atoms. The molecule has 0 aliphatic heterocycles. The lowest BCUT2D eigenvalue weighted by molar-refractivity contribution is -0.143. The third-order valence-corrected chi connectivity index (χ3v) is 7.42. The first-order chi connectivity index (χ1) is 18.9. The number of aryl methyl sites for hydroxylation is 1. The van der Waals surface area contributed by atoms with Crippen molar-refractivity contribution in [3.05, 3.63) is 78.2 Å². The van der Waals surface area contributed by atoms with E-state index in [1.54, 1.807) is 75.4 Å². The van der Waals surface area contributed by atoms with Gasteiger partial charge in [-0.2, -0.15) is 0 Å². The summed E-state index contributed by atoms with van der Waals surface area (Å²) < 4.78 is 43.5. The molecule has 2 aromatic heterocycles. The molecule has 1 unspecified atom stereocenters. The Balaban J connectivity index is 1.52. The van der Waals surface area contributed by atoms with E-state index in [0.29, 0.717) is 11.1 Å². The summed E-state index contributed by atoms with van der Waals surface area (Å²) in [6.45, 7) is 7.05. The van der Waals surface area contributed by atoms with Gasteiger partial charge in [0.2, 0.25) is 5.88 Å². The topological polar surface area (TPSA) is 139 Å². The molecule has 0 radical (unpaired) electrons. The number of benzene rings is 2. The van der Waals surface area contributed by atoms with Crippen LogP contribution in [0.3, 0.4) is 0 Å². The number of fused-ring (bicyclic) bond motifs is 1. The molecule has 0 bridgehead atoms. The quantitative estimate of drug-likeness (QED) is 0.308. The van der Waals surface area contributed by atoms with Crippen LogP contribution < -0.4 is 10.1 Å². The normalized spacial score (nSPS) is 12.5. The number of carbonyl (C=O) groups excluding carboxylic acids is 2. The van der Waals surface area contributed by atoms with Crippen molar-refractivity contribution >= 4 is 33.1 Å². The maximum atomic E-state index is 13.2. The minimum atomic E-state index is -3.88. The molecule has 1 amide bonds. The van der Waals surface area contributed by atoms with Gasteiger partial charge in [-0.25, -0.2) is 31.9 Å². The number of rotatable bonds is 8. The van der Waals surface area contributed by atoms with Gasteiger partial charge < -0.3 is 19.5 Å². The lowest BCUT2D eigenvalue weighted by Gasteiger charge is -2.22. The Morgan fingerprint density at radius 3 is 2.30 bits per heavy atom. The predicted molar refractivity (Wildman–Crippen MR) is 147 cm³/mol. The zero-order valence-electron chi connectivity index (χ0n) is 22.7. The number of hydrogen-bond acceptors (Lipinski definition) is 9. The molecular weight excluding hydrogens is 536 g/mol.